The zero-order chi connectivity index (χ0) is 11.5. The molecule has 0 heterocycles. The van der Waals surface area contributed by atoms with Crippen LogP contribution in [0, 0.1) is 10.1 Å². The number of rotatable bonds is 4. The van der Waals surface area contributed by atoms with Crippen LogP contribution in [0.5, 0.6) is 5.75 Å². The van der Waals surface area contributed by atoms with E-state index in [1.165, 1.54) is 18.2 Å². The second-order valence-corrected chi connectivity index (χ2v) is 4.20. The van der Waals surface area contributed by atoms with Crippen molar-refractivity contribution in [2.24, 2.45) is 5.50 Å². The molecule has 2 N–H and O–H groups in total. The summed E-state index contributed by atoms with van der Waals surface area (Å²) in [6.07, 6.45) is 0. The second-order valence-electron chi connectivity index (χ2n) is 2.57. The molecule has 0 saturated heterocycles. The second kappa shape index (κ2) is 4.39. The summed E-state index contributed by atoms with van der Waals surface area (Å²) in [6.45, 7) is 0. The largest absolute Gasteiger partial charge is 0.455 e. The summed E-state index contributed by atoms with van der Waals surface area (Å²) >= 11 is 0. The Morgan fingerprint density at radius 1 is 1.53 bits per heavy atom. The molecule has 0 aliphatic rings. The maximum atomic E-state index is 11.2. The van der Waals surface area contributed by atoms with Crippen molar-refractivity contribution in [1.82, 2.24) is 0 Å². The number of nitrogens with zero attached hydrogens (tertiary/aromatic N) is 1. The minimum atomic E-state index is -3.67. The number of benzene rings is 1. The molecule has 1 aromatic rings. The molecule has 0 spiro atoms. The lowest BCUT2D eigenvalue weighted by Crippen LogP contribution is -2.04. The van der Waals surface area contributed by atoms with Gasteiger partial charge in [0.15, 0.2) is 0 Å². The van der Waals surface area contributed by atoms with E-state index in [1.807, 2.05) is 0 Å². The number of hydrogen-bond acceptors (Lipinski definition) is 5. The Kier molecular flexibility index (Phi) is 3.41. The first-order chi connectivity index (χ1) is 6.94. The predicted molar refractivity (Wildman–Crippen MR) is 52.5 cm³/mol. The van der Waals surface area contributed by atoms with Gasteiger partial charge in [0.2, 0.25) is 0 Å². The van der Waals surface area contributed by atoms with Crippen LogP contribution in [0.15, 0.2) is 24.3 Å². The van der Waals surface area contributed by atoms with Gasteiger partial charge in [-0.2, -0.15) is 0 Å². The number of non-ortho nitro benzene ring substituents is 1. The topological polar surface area (TPSA) is 105 Å². The molecule has 1 rings (SSSR count). The van der Waals surface area contributed by atoms with Crippen molar-refractivity contribution in [2.75, 3.05) is 7.11 Å². The summed E-state index contributed by atoms with van der Waals surface area (Å²) in [4.78, 5) is 9.81. The van der Waals surface area contributed by atoms with Gasteiger partial charge in [0.25, 0.3) is 5.69 Å². The summed E-state index contributed by atoms with van der Waals surface area (Å²) in [5.74, 6) is 0.0249. The molecule has 82 valence electrons. The zero-order valence-electron chi connectivity index (χ0n) is 7.82. The van der Waals surface area contributed by atoms with E-state index in [0.29, 0.717) is 0 Å². The van der Waals surface area contributed by atoms with Crippen molar-refractivity contribution in [1.29, 1.82) is 0 Å². The monoisotopic (exact) mass is 232 g/mol. The molecular weight excluding hydrogens is 223 g/mol. The molecule has 1 atom stereocenters. The number of hydrogen-bond donors (Lipinski definition) is 1. The van der Waals surface area contributed by atoms with Gasteiger partial charge in [0.1, 0.15) is 5.75 Å². The van der Waals surface area contributed by atoms with E-state index in [4.69, 9.17) is 10.0 Å². The number of nitro groups is 1. The first-order valence-corrected chi connectivity index (χ1v) is 5.44. The highest BCUT2D eigenvalue weighted by atomic mass is 31.2. The van der Waals surface area contributed by atoms with Gasteiger partial charge in [-0.3, -0.25) is 14.6 Å². The average molecular weight is 232 g/mol. The van der Waals surface area contributed by atoms with Crippen molar-refractivity contribution in [3.05, 3.63) is 34.4 Å². The van der Waals surface area contributed by atoms with E-state index in [0.717, 1.165) is 13.2 Å². The molecule has 0 aromatic heterocycles. The summed E-state index contributed by atoms with van der Waals surface area (Å²) < 4.78 is 20.3. The molecular formula is C7H9N2O5P. The maximum Gasteiger partial charge on any atom is 0.455 e. The highest BCUT2D eigenvalue weighted by molar-refractivity contribution is 7.51. The molecule has 0 saturated carbocycles. The molecule has 0 aliphatic heterocycles. The molecule has 1 aromatic carbocycles. The molecule has 7 nitrogen and oxygen atoms in total. The quantitative estimate of drug-likeness (QED) is 0.481. The van der Waals surface area contributed by atoms with Gasteiger partial charge < -0.3 is 4.52 Å². The van der Waals surface area contributed by atoms with Crippen molar-refractivity contribution in [3.63, 3.8) is 0 Å². The van der Waals surface area contributed by atoms with Crippen LogP contribution in [0.2, 0.25) is 0 Å². The van der Waals surface area contributed by atoms with E-state index in [2.05, 4.69) is 4.52 Å². The van der Waals surface area contributed by atoms with Crippen LogP contribution < -0.4 is 10.0 Å². The maximum absolute atomic E-state index is 11.2. The summed E-state index contributed by atoms with van der Waals surface area (Å²) in [6, 6.07) is 5.17. The minimum Gasteiger partial charge on any atom is -0.413 e. The lowest BCUT2D eigenvalue weighted by Gasteiger charge is -2.11. The van der Waals surface area contributed by atoms with Crippen LogP contribution in [-0.2, 0) is 9.09 Å². The van der Waals surface area contributed by atoms with E-state index in [1.54, 1.807) is 0 Å². The normalized spacial score (nSPS) is 14.3. The molecule has 0 radical (unpaired) electrons. The Morgan fingerprint density at radius 2 is 2.20 bits per heavy atom. The third-order valence-corrected chi connectivity index (χ3v) is 2.49. The van der Waals surface area contributed by atoms with Gasteiger partial charge in [-0.1, -0.05) is 6.07 Å². The third-order valence-electron chi connectivity index (χ3n) is 1.52. The Labute approximate surface area is 85.5 Å². The first kappa shape index (κ1) is 11.6. The van der Waals surface area contributed by atoms with Gasteiger partial charge in [-0.25, -0.2) is 10.1 Å². The van der Waals surface area contributed by atoms with E-state index in [9.17, 15) is 14.7 Å². The molecule has 15 heavy (non-hydrogen) atoms. The highest BCUT2D eigenvalue weighted by Crippen LogP contribution is 2.39. The smallest absolute Gasteiger partial charge is 0.413 e. The van der Waals surface area contributed by atoms with Crippen LogP contribution in [0.25, 0.3) is 0 Å². The highest BCUT2D eigenvalue weighted by Gasteiger charge is 2.18. The molecule has 8 heteroatoms. The summed E-state index contributed by atoms with van der Waals surface area (Å²) in [5.41, 5.74) is 4.94. The number of nitro benzene ring substituents is 1. The van der Waals surface area contributed by atoms with Gasteiger partial charge >= 0.3 is 7.75 Å². The minimum absolute atomic E-state index is 0.0249. The van der Waals surface area contributed by atoms with E-state index < -0.39 is 12.7 Å². The van der Waals surface area contributed by atoms with Gasteiger partial charge in [-0.15, -0.1) is 0 Å². The van der Waals surface area contributed by atoms with Crippen LogP contribution in [0.4, 0.5) is 5.69 Å². The Bertz CT molecular complexity index is 422. The standard InChI is InChI=1S/C7H9N2O5P/c1-13-15(8,12)14-7-4-2-3-6(5-7)9(10)11/h2-5H,1H3,(H2,8,12). The summed E-state index contributed by atoms with van der Waals surface area (Å²) in [7, 11) is -2.54. The fourth-order valence-electron chi connectivity index (χ4n) is 0.838. The summed E-state index contributed by atoms with van der Waals surface area (Å²) in [5, 5.41) is 10.4. The van der Waals surface area contributed by atoms with Gasteiger partial charge in [-0.05, 0) is 6.07 Å². The first-order valence-electron chi connectivity index (χ1n) is 3.83. The SMILES string of the molecule is COP(N)(=O)Oc1cccc([N+](=O)[O-])c1. The van der Waals surface area contributed by atoms with Crippen molar-refractivity contribution in [2.45, 2.75) is 0 Å². The van der Waals surface area contributed by atoms with Crippen LogP contribution in [0.1, 0.15) is 0 Å². The number of nitrogens with two attached hydrogens (primary N) is 1. The Morgan fingerprint density at radius 3 is 2.73 bits per heavy atom. The van der Waals surface area contributed by atoms with Crippen LogP contribution >= 0.6 is 7.75 Å². The lowest BCUT2D eigenvalue weighted by molar-refractivity contribution is -0.384. The van der Waals surface area contributed by atoms with E-state index in [-0.39, 0.29) is 11.4 Å². The van der Waals surface area contributed by atoms with Crippen molar-refractivity contribution < 1.29 is 18.5 Å². The predicted octanol–water partition coefficient (Wildman–Crippen LogP) is 1.69. The molecule has 1 unspecified atom stereocenters. The van der Waals surface area contributed by atoms with Gasteiger partial charge in [0, 0.05) is 13.2 Å². The van der Waals surface area contributed by atoms with E-state index >= 15 is 0 Å². The molecule has 0 amide bonds. The Hall–Kier alpha value is -1.43. The fraction of sp³-hybridized carbons (Fsp3) is 0.143. The molecule has 0 bridgehead atoms. The molecule has 0 aliphatic carbocycles. The third kappa shape index (κ3) is 3.32. The van der Waals surface area contributed by atoms with Gasteiger partial charge in [0.05, 0.1) is 11.0 Å². The fourth-order valence-corrected chi connectivity index (χ4v) is 1.32. The van der Waals surface area contributed by atoms with Crippen molar-refractivity contribution in [3.8, 4) is 5.75 Å². The average Bonchev–Trinajstić information content (AvgIpc) is 2.17. The van der Waals surface area contributed by atoms with Crippen molar-refractivity contribution >= 4 is 13.4 Å². The zero-order valence-corrected chi connectivity index (χ0v) is 8.72. The van der Waals surface area contributed by atoms with Crippen LogP contribution in [0.3, 0.4) is 0 Å². The van der Waals surface area contributed by atoms with Crippen LogP contribution in [-0.4, -0.2) is 12.0 Å². The lowest BCUT2D eigenvalue weighted by atomic mass is 10.3. The Balaban J connectivity index is 2.92. The molecule has 0 fully saturated rings.